The van der Waals surface area contributed by atoms with E-state index in [-0.39, 0.29) is 42.7 Å². The number of allylic oxidation sites excluding steroid dienone is 14. The lowest BCUT2D eigenvalue weighted by Crippen LogP contribution is -2.50. The normalized spacial score (nSPS) is 13.9. The standard InChI is InChI=1S/C44H71NO7/c1-6-8-10-12-14-16-18-20-21-23-24-26-28-30-32-34-42(46)51-39-40(38-50-37-36-41(44(48)49)45(3,4)5)52-43(47)35-33-31-29-27-25-22-19-17-15-13-11-9-7-2/h9,11,13-20,22,25,27,29,40-41H,6-8,10,12,21,23-24,26,28,30-39H2,1-5H3/p+1/b11-9+,15-13+,16-14+,19-17+,20-18+,25-22+,29-27+. The first-order valence-corrected chi connectivity index (χ1v) is 19.7. The predicted octanol–water partition coefficient (Wildman–Crippen LogP) is 10.2. The van der Waals surface area contributed by atoms with Crippen molar-refractivity contribution in [3.8, 4) is 0 Å². The summed E-state index contributed by atoms with van der Waals surface area (Å²) >= 11 is 0. The van der Waals surface area contributed by atoms with Gasteiger partial charge in [0.05, 0.1) is 34.4 Å². The van der Waals surface area contributed by atoms with E-state index in [1.807, 2.05) is 75.8 Å². The van der Waals surface area contributed by atoms with E-state index < -0.39 is 18.1 Å². The number of unbranched alkanes of at least 4 members (excludes halogenated alkanes) is 10. The Bertz CT molecular complexity index is 1120. The van der Waals surface area contributed by atoms with Crippen LogP contribution in [0.15, 0.2) is 85.1 Å². The number of carbonyl (C=O) groups is 3. The van der Waals surface area contributed by atoms with Crippen LogP contribution < -0.4 is 0 Å². The minimum atomic E-state index is -0.893. The summed E-state index contributed by atoms with van der Waals surface area (Å²) in [4.78, 5) is 36.8. The van der Waals surface area contributed by atoms with Crippen molar-refractivity contribution < 1.29 is 38.2 Å². The van der Waals surface area contributed by atoms with Crippen LogP contribution in [0.3, 0.4) is 0 Å². The molecule has 0 aromatic carbocycles. The Morgan fingerprint density at radius 2 is 1.10 bits per heavy atom. The molecule has 0 heterocycles. The molecule has 294 valence electrons. The van der Waals surface area contributed by atoms with Crippen molar-refractivity contribution in [3.63, 3.8) is 0 Å². The molecule has 0 aliphatic heterocycles. The number of aliphatic carboxylic acids is 1. The Morgan fingerprint density at radius 1 is 0.596 bits per heavy atom. The first-order valence-electron chi connectivity index (χ1n) is 19.7. The zero-order valence-electron chi connectivity index (χ0n) is 33.2. The molecule has 8 nitrogen and oxygen atoms in total. The summed E-state index contributed by atoms with van der Waals surface area (Å²) in [6.45, 7) is 4.43. The van der Waals surface area contributed by atoms with Crippen LogP contribution in [-0.4, -0.2) is 80.6 Å². The summed E-state index contributed by atoms with van der Waals surface area (Å²) in [5.41, 5.74) is 0. The molecule has 0 aromatic heterocycles. The van der Waals surface area contributed by atoms with Crippen LogP contribution in [0, 0.1) is 0 Å². The maximum absolute atomic E-state index is 12.6. The largest absolute Gasteiger partial charge is 0.477 e. The van der Waals surface area contributed by atoms with Gasteiger partial charge in [-0.3, -0.25) is 9.59 Å². The second-order valence-corrected chi connectivity index (χ2v) is 14.0. The van der Waals surface area contributed by atoms with Crippen molar-refractivity contribution in [2.24, 2.45) is 0 Å². The van der Waals surface area contributed by atoms with Crippen molar-refractivity contribution in [3.05, 3.63) is 85.1 Å². The number of carboxylic acids is 1. The lowest BCUT2D eigenvalue weighted by Gasteiger charge is -2.31. The number of hydrogen-bond donors (Lipinski definition) is 1. The highest BCUT2D eigenvalue weighted by atomic mass is 16.6. The first kappa shape index (κ1) is 48.5. The predicted molar refractivity (Wildman–Crippen MR) is 215 cm³/mol. The number of nitrogens with zero attached hydrogens (tertiary/aromatic N) is 1. The molecular weight excluding hydrogens is 654 g/mol. The van der Waals surface area contributed by atoms with Crippen LogP contribution in [0.5, 0.6) is 0 Å². The van der Waals surface area contributed by atoms with Gasteiger partial charge < -0.3 is 23.8 Å². The second-order valence-electron chi connectivity index (χ2n) is 14.0. The first-order chi connectivity index (χ1) is 25.1. The fraction of sp³-hybridized carbons (Fsp3) is 0.614. The minimum absolute atomic E-state index is 0.0230. The SMILES string of the molecule is CC/C=C/C=C/C=C/C=C/C=C/CCCC(=O)OC(COCCC(C(=O)O)[N+](C)(C)C)COC(=O)CCCCCCCC/C=C/C=C/CCCCC. The van der Waals surface area contributed by atoms with Gasteiger partial charge in [0.25, 0.3) is 0 Å². The third-order valence-electron chi connectivity index (χ3n) is 8.18. The van der Waals surface area contributed by atoms with Gasteiger partial charge in [0, 0.05) is 19.3 Å². The lowest BCUT2D eigenvalue weighted by molar-refractivity contribution is -0.887. The molecule has 1 N–H and O–H groups in total. The molecule has 0 amide bonds. The number of carboxylic acid groups (broad SMARTS) is 1. The average Bonchev–Trinajstić information content (AvgIpc) is 3.09. The van der Waals surface area contributed by atoms with Gasteiger partial charge in [-0.15, -0.1) is 0 Å². The summed E-state index contributed by atoms with van der Waals surface area (Å²) in [6, 6.07) is -0.633. The Morgan fingerprint density at radius 3 is 1.67 bits per heavy atom. The Balaban J connectivity index is 4.56. The van der Waals surface area contributed by atoms with E-state index in [1.54, 1.807) is 0 Å². The molecule has 0 aromatic rings. The summed E-state index contributed by atoms with van der Waals surface area (Å²) in [6.07, 6.45) is 43.5. The van der Waals surface area contributed by atoms with Crippen LogP contribution in [0.2, 0.25) is 0 Å². The monoisotopic (exact) mass is 727 g/mol. The van der Waals surface area contributed by atoms with Gasteiger partial charge in [-0.1, -0.05) is 137 Å². The molecule has 0 fully saturated rings. The molecule has 0 spiro atoms. The lowest BCUT2D eigenvalue weighted by atomic mass is 10.1. The van der Waals surface area contributed by atoms with Crippen LogP contribution in [-0.2, 0) is 28.6 Å². The molecule has 0 saturated heterocycles. The van der Waals surface area contributed by atoms with Crippen molar-refractivity contribution in [2.75, 3.05) is 41.0 Å². The zero-order chi connectivity index (χ0) is 38.5. The Hall–Kier alpha value is -3.49. The van der Waals surface area contributed by atoms with Gasteiger partial charge in [-0.2, -0.15) is 0 Å². The highest BCUT2D eigenvalue weighted by Crippen LogP contribution is 2.12. The van der Waals surface area contributed by atoms with Gasteiger partial charge in [-0.05, 0) is 51.4 Å². The number of likely N-dealkylation sites (N-methyl/N-ethyl adjacent to an activating group) is 1. The van der Waals surface area contributed by atoms with Crippen LogP contribution in [0.1, 0.15) is 123 Å². The van der Waals surface area contributed by atoms with Crippen molar-refractivity contribution >= 4 is 17.9 Å². The van der Waals surface area contributed by atoms with Gasteiger partial charge in [0.15, 0.2) is 12.1 Å². The van der Waals surface area contributed by atoms with Gasteiger partial charge in [-0.25, -0.2) is 4.79 Å². The second kappa shape index (κ2) is 34.6. The molecule has 0 aliphatic rings. The minimum Gasteiger partial charge on any atom is -0.477 e. The highest BCUT2D eigenvalue weighted by molar-refractivity contribution is 5.72. The number of rotatable bonds is 33. The van der Waals surface area contributed by atoms with E-state index in [0.717, 1.165) is 51.4 Å². The molecule has 0 bridgehead atoms. The van der Waals surface area contributed by atoms with Crippen molar-refractivity contribution in [1.29, 1.82) is 0 Å². The molecule has 0 saturated carbocycles. The maximum atomic E-state index is 12.6. The van der Waals surface area contributed by atoms with Crippen LogP contribution in [0.4, 0.5) is 0 Å². The number of esters is 2. The van der Waals surface area contributed by atoms with Crippen LogP contribution >= 0.6 is 0 Å². The smallest absolute Gasteiger partial charge is 0.362 e. The molecule has 0 rings (SSSR count). The van der Waals surface area contributed by atoms with Crippen LogP contribution in [0.25, 0.3) is 0 Å². The van der Waals surface area contributed by atoms with Gasteiger partial charge >= 0.3 is 17.9 Å². The summed E-state index contributed by atoms with van der Waals surface area (Å²) in [7, 11) is 5.48. The molecule has 0 radical (unpaired) electrons. The summed E-state index contributed by atoms with van der Waals surface area (Å²) < 4.78 is 17.1. The van der Waals surface area contributed by atoms with E-state index in [2.05, 4.69) is 44.2 Å². The third-order valence-corrected chi connectivity index (χ3v) is 8.18. The fourth-order valence-corrected chi connectivity index (χ4v) is 5.11. The number of hydrogen-bond acceptors (Lipinski definition) is 6. The molecule has 8 heteroatoms. The zero-order valence-corrected chi connectivity index (χ0v) is 33.2. The number of carbonyl (C=O) groups excluding carboxylic acids is 2. The van der Waals surface area contributed by atoms with Crippen molar-refractivity contribution in [2.45, 2.75) is 135 Å². The molecule has 2 atom stereocenters. The molecule has 0 aliphatic carbocycles. The quantitative estimate of drug-likeness (QED) is 0.0311. The van der Waals surface area contributed by atoms with E-state index in [9.17, 15) is 19.5 Å². The fourth-order valence-electron chi connectivity index (χ4n) is 5.11. The van der Waals surface area contributed by atoms with E-state index in [0.29, 0.717) is 19.3 Å². The number of ether oxygens (including phenoxy) is 3. The van der Waals surface area contributed by atoms with E-state index >= 15 is 0 Å². The highest BCUT2D eigenvalue weighted by Gasteiger charge is 2.31. The van der Waals surface area contributed by atoms with E-state index in [1.165, 1.54) is 32.1 Å². The summed E-state index contributed by atoms with van der Waals surface area (Å²) in [5, 5.41) is 9.59. The third kappa shape index (κ3) is 32.4. The molecular formula is C44H72NO7+. The number of quaternary nitrogens is 1. The Labute approximate surface area is 316 Å². The van der Waals surface area contributed by atoms with Crippen molar-refractivity contribution in [1.82, 2.24) is 0 Å². The maximum Gasteiger partial charge on any atom is 0.362 e. The average molecular weight is 727 g/mol. The van der Waals surface area contributed by atoms with Gasteiger partial charge in [0.2, 0.25) is 0 Å². The van der Waals surface area contributed by atoms with E-state index in [4.69, 9.17) is 14.2 Å². The molecule has 52 heavy (non-hydrogen) atoms. The Kier molecular flexibility index (Phi) is 32.3. The summed E-state index contributed by atoms with van der Waals surface area (Å²) in [5.74, 6) is -1.60. The molecule has 2 unspecified atom stereocenters. The van der Waals surface area contributed by atoms with Gasteiger partial charge in [0.1, 0.15) is 6.61 Å². The topological polar surface area (TPSA) is 99.1 Å².